The summed E-state index contributed by atoms with van der Waals surface area (Å²) in [7, 11) is 0. The Morgan fingerprint density at radius 2 is 1.05 bits per heavy atom. The van der Waals surface area contributed by atoms with Crippen molar-refractivity contribution in [2.75, 3.05) is 65.6 Å². The molecule has 16 nitrogen and oxygen atoms in total. The summed E-state index contributed by atoms with van der Waals surface area (Å²) in [6, 6.07) is 0. The van der Waals surface area contributed by atoms with Crippen LogP contribution in [0.15, 0.2) is 0 Å². The Bertz CT molecular complexity index is 851. The van der Waals surface area contributed by atoms with Crippen molar-refractivity contribution >= 4 is 41.5 Å². The van der Waals surface area contributed by atoms with E-state index in [1.807, 2.05) is 0 Å². The van der Waals surface area contributed by atoms with Gasteiger partial charge in [-0.3, -0.25) is 43.5 Å². The van der Waals surface area contributed by atoms with Crippen LogP contribution in [-0.4, -0.2) is 142 Å². The Morgan fingerprint density at radius 1 is 0.641 bits per heavy atom. The molecule has 6 N–H and O–H groups in total. The third-order valence-electron chi connectivity index (χ3n) is 5.52. The fraction of sp³-hybridized carbons (Fsp3) is 0.696. The number of carbonyl (C=O) groups is 7. The summed E-state index contributed by atoms with van der Waals surface area (Å²) in [6.45, 7) is 0.381. The summed E-state index contributed by atoms with van der Waals surface area (Å²) >= 11 is 0. The Labute approximate surface area is 225 Å². The van der Waals surface area contributed by atoms with Crippen LogP contribution in [0, 0.1) is 5.92 Å². The molecule has 0 aromatic carbocycles. The molecule has 1 unspecified atom stereocenters. The van der Waals surface area contributed by atoms with Crippen molar-refractivity contribution in [3.63, 3.8) is 0 Å². The number of Topliss-reactive ketones (excluding diaryl/α,β-unsaturated/α-hetero) is 1. The first-order valence-corrected chi connectivity index (χ1v) is 12.3. The number of aliphatic carboxylic acids is 4. The van der Waals surface area contributed by atoms with Crippen LogP contribution in [0.3, 0.4) is 0 Å². The maximum Gasteiger partial charge on any atom is 0.317 e. The molecule has 0 aliphatic carbocycles. The van der Waals surface area contributed by atoms with E-state index in [0.29, 0.717) is 12.8 Å². The topological polar surface area (TPSA) is 234 Å². The molecule has 1 atom stereocenters. The Hall–Kier alpha value is -3.63. The van der Waals surface area contributed by atoms with E-state index < -0.39 is 61.9 Å². The maximum absolute atomic E-state index is 12.3. The van der Waals surface area contributed by atoms with Crippen LogP contribution in [0.4, 0.5) is 0 Å². The molecule has 0 fully saturated rings. The number of nitrogens with one attached hydrogen (secondary N) is 2. The van der Waals surface area contributed by atoms with Crippen LogP contribution in [0.2, 0.25) is 0 Å². The van der Waals surface area contributed by atoms with Crippen molar-refractivity contribution in [2.24, 2.45) is 5.92 Å². The van der Waals surface area contributed by atoms with Crippen molar-refractivity contribution in [3.8, 4) is 0 Å². The molecule has 16 heteroatoms. The lowest BCUT2D eigenvalue weighted by Gasteiger charge is -2.27. The van der Waals surface area contributed by atoms with Crippen LogP contribution in [-0.2, 0) is 33.6 Å². The second-order valence-corrected chi connectivity index (χ2v) is 8.94. The molecule has 0 aliphatic heterocycles. The molecule has 0 aromatic rings. The fourth-order valence-electron chi connectivity index (χ4n) is 3.56. The Morgan fingerprint density at radius 3 is 1.46 bits per heavy atom. The summed E-state index contributed by atoms with van der Waals surface area (Å²) < 4.78 is 0. The van der Waals surface area contributed by atoms with E-state index in [-0.39, 0.29) is 57.5 Å². The first-order chi connectivity index (χ1) is 18.2. The number of nitrogens with zero attached hydrogens (tertiary/aromatic N) is 3. The van der Waals surface area contributed by atoms with Gasteiger partial charge in [-0.1, -0.05) is 6.92 Å². The molecule has 0 saturated carbocycles. The molecule has 0 rings (SSSR count). The second kappa shape index (κ2) is 19.4. The third-order valence-corrected chi connectivity index (χ3v) is 5.52. The first-order valence-electron chi connectivity index (χ1n) is 12.3. The number of hydrogen-bond acceptors (Lipinski definition) is 10. The van der Waals surface area contributed by atoms with E-state index in [1.165, 1.54) is 16.7 Å². The molecular formula is C23H39N5O11. The van der Waals surface area contributed by atoms with Gasteiger partial charge in [0.2, 0.25) is 11.8 Å². The zero-order chi connectivity index (χ0) is 30.0. The minimum atomic E-state index is -1.25. The molecular weight excluding hydrogens is 522 g/mol. The fourth-order valence-corrected chi connectivity index (χ4v) is 3.56. The van der Waals surface area contributed by atoms with Crippen molar-refractivity contribution in [3.05, 3.63) is 0 Å². The quantitative estimate of drug-likeness (QED) is 0.0728. The van der Waals surface area contributed by atoms with Gasteiger partial charge in [0.15, 0.2) is 0 Å². The summed E-state index contributed by atoms with van der Waals surface area (Å²) in [6.07, 6.45) is 1.16. The van der Waals surface area contributed by atoms with Gasteiger partial charge in [-0.2, -0.15) is 0 Å². The Kier molecular flexibility index (Phi) is 17.6. The maximum atomic E-state index is 12.3. The van der Waals surface area contributed by atoms with E-state index in [4.69, 9.17) is 10.2 Å². The molecule has 2 amide bonds. The van der Waals surface area contributed by atoms with E-state index in [1.54, 1.807) is 6.92 Å². The molecule has 0 heterocycles. The predicted molar refractivity (Wildman–Crippen MR) is 135 cm³/mol. The molecule has 0 aromatic heterocycles. The smallest absolute Gasteiger partial charge is 0.317 e. The molecule has 39 heavy (non-hydrogen) atoms. The lowest BCUT2D eigenvalue weighted by molar-refractivity contribution is -0.143. The summed E-state index contributed by atoms with van der Waals surface area (Å²) in [4.78, 5) is 84.0. The monoisotopic (exact) mass is 561 g/mol. The van der Waals surface area contributed by atoms with Crippen molar-refractivity contribution < 1.29 is 54.0 Å². The highest BCUT2D eigenvalue weighted by Crippen LogP contribution is 2.11. The largest absolute Gasteiger partial charge is 0.480 e. The van der Waals surface area contributed by atoms with Gasteiger partial charge in [-0.15, -0.1) is 0 Å². The van der Waals surface area contributed by atoms with Gasteiger partial charge in [0, 0.05) is 38.5 Å². The number of carbonyl (C=O) groups excluding carboxylic acids is 3. The van der Waals surface area contributed by atoms with Crippen molar-refractivity contribution in [1.82, 2.24) is 25.3 Å². The van der Waals surface area contributed by atoms with Gasteiger partial charge in [0.1, 0.15) is 5.78 Å². The van der Waals surface area contributed by atoms with Crippen LogP contribution < -0.4 is 10.6 Å². The predicted octanol–water partition coefficient (Wildman–Crippen LogP) is -2.18. The minimum absolute atomic E-state index is 0.00803. The lowest BCUT2D eigenvalue weighted by Crippen LogP contribution is -2.48. The number of carboxylic acids is 4. The number of ketones is 1. The van der Waals surface area contributed by atoms with Gasteiger partial charge in [-0.25, -0.2) is 0 Å². The average molecular weight is 562 g/mol. The highest BCUT2D eigenvalue weighted by molar-refractivity contribution is 5.82. The summed E-state index contributed by atoms with van der Waals surface area (Å²) in [5.74, 6) is -6.28. The minimum Gasteiger partial charge on any atom is -0.480 e. The molecule has 0 aliphatic rings. The zero-order valence-corrected chi connectivity index (χ0v) is 22.3. The van der Waals surface area contributed by atoms with Gasteiger partial charge in [0.05, 0.1) is 39.4 Å². The van der Waals surface area contributed by atoms with Crippen molar-refractivity contribution in [2.45, 2.75) is 33.1 Å². The highest BCUT2D eigenvalue weighted by atomic mass is 16.4. The van der Waals surface area contributed by atoms with Gasteiger partial charge >= 0.3 is 23.9 Å². The van der Waals surface area contributed by atoms with E-state index in [9.17, 15) is 43.8 Å². The average Bonchev–Trinajstić information content (AvgIpc) is 2.79. The normalized spacial score (nSPS) is 11.8. The molecule has 0 radical (unpaired) electrons. The van der Waals surface area contributed by atoms with Crippen LogP contribution in [0.25, 0.3) is 0 Å². The van der Waals surface area contributed by atoms with Crippen LogP contribution in [0.5, 0.6) is 0 Å². The number of amides is 2. The Balaban J connectivity index is 4.97. The molecule has 0 saturated heterocycles. The number of carboxylic acid groups (broad SMARTS) is 4. The standard InChI is InChI=1S/C23H39N5O11/c1-3-17(5-4-16(2)29)23(39)25-15-24-18(30)10-27(12-20(33)34)8-6-26(11-19(31)32)7-9-28(13-21(35)36)14-22(37)38/h17H,3-15H2,1-2H3,(H,24,30)(H,25,39)(H,31,32)(H,33,34)(H,35,36)(H,37,38). The van der Waals surface area contributed by atoms with E-state index >= 15 is 0 Å². The van der Waals surface area contributed by atoms with E-state index in [2.05, 4.69) is 10.6 Å². The van der Waals surface area contributed by atoms with Gasteiger partial charge < -0.3 is 35.9 Å². The number of rotatable bonds is 23. The molecule has 222 valence electrons. The SMILES string of the molecule is CCC(CCC(C)=O)C(=O)NCNC(=O)CN(CCN(CCN(CC(=O)O)CC(=O)O)CC(=O)O)CC(=O)O. The first kappa shape index (κ1) is 35.4. The van der Waals surface area contributed by atoms with Crippen molar-refractivity contribution in [1.29, 1.82) is 0 Å². The van der Waals surface area contributed by atoms with Crippen LogP contribution in [0.1, 0.15) is 33.1 Å². The molecule has 0 spiro atoms. The zero-order valence-electron chi connectivity index (χ0n) is 22.3. The van der Waals surface area contributed by atoms with E-state index in [0.717, 1.165) is 4.90 Å². The highest BCUT2D eigenvalue weighted by Gasteiger charge is 2.20. The summed E-state index contributed by atoms with van der Waals surface area (Å²) in [5, 5.41) is 41.3. The number of hydrogen-bond donors (Lipinski definition) is 6. The van der Waals surface area contributed by atoms with Crippen LogP contribution >= 0.6 is 0 Å². The van der Waals surface area contributed by atoms with Gasteiger partial charge in [-0.05, 0) is 19.8 Å². The third kappa shape index (κ3) is 19.1. The van der Waals surface area contributed by atoms with Gasteiger partial charge in [0.25, 0.3) is 0 Å². The second-order valence-electron chi connectivity index (χ2n) is 8.94. The molecule has 0 bridgehead atoms. The summed E-state index contributed by atoms with van der Waals surface area (Å²) in [5.41, 5.74) is 0. The lowest BCUT2D eigenvalue weighted by atomic mass is 9.98.